The third-order valence-electron chi connectivity index (χ3n) is 1.72. The lowest BCUT2D eigenvalue weighted by molar-refractivity contribution is 0.00208. The molecule has 3 heteroatoms. The van der Waals surface area contributed by atoms with E-state index in [1.54, 1.807) is 0 Å². The second-order valence-electron chi connectivity index (χ2n) is 2.52. The van der Waals surface area contributed by atoms with Gasteiger partial charge in [-0.05, 0) is 0 Å². The van der Waals surface area contributed by atoms with Gasteiger partial charge in [-0.25, -0.2) is 0 Å². The summed E-state index contributed by atoms with van der Waals surface area (Å²) >= 11 is 0. The van der Waals surface area contributed by atoms with Crippen molar-refractivity contribution in [2.24, 2.45) is 5.92 Å². The molecule has 1 heterocycles. The van der Waals surface area contributed by atoms with Gasteiger partial charge in [-0.1, -0.05) is 20.8 Å². The quantitative estimate of drug-likeness (QED) is 0.587. The maximum Gasteiger partial charge on any atom is 0.107 e. The number of aliphatic hydroxyl groups is 2. The first-order valence-corrected chi connectivity index (χ1v) is 4.16. The van der Waals surface area contributed by atoms with Gasteiger partial charge >= 0.3 is 0 Å². The number of aliphatic hydroxyl groups excluding tert-OH is 2. The molecule has 3 nitrogen and oxygen atoms in total. The summed E-state index contributed by atoms with van der Waals surface area (Å²) in [6.07, 6.45) is -0.824. The zero-order valence-corrected chi connectivity index (χ0v) is 7.45. The molecule has 1 aliphatic rings. The van der Waals surface area contributed by atoms with Crippen molar-refractivity contribution in [3.63, 3.8) is 0 Å². The van der Waals surface area contributed by atoms with E-state index in [1.165, 1.54) is 0 Å². The van der Waals surface area contributed by atoms with Gasteiger partial charge < -0.3 is 14.9 Å². The lowest BCUT2D eigenvalue weighted by Gasteiger charge is -2.10. The lowest BCUT2D eigenvalue weighted by atomic mass is 10.1. The minimum Gasteiger partial charge on any atom is -0.394 e. The predicted octanol–water partition coefficient (Wildman–Crippen LogP) is 0.401. The molecule has 2 N–H and O–H groups in total. The highest BCUT2D eigenvalue weighted by Crippen LogP contribution is 2.18. The Balaban J connectivity index is 0.000000461. The molecule has 0 aromatic rings. The molecule has 68 valence electrons. The Labute approximate surface area is 68.0 Å². The summed E-state index contributed by atoms with van der Waals surface area (Å²) < 4.78 is 5.03. The van der Waals surface area contributed by atoms with E-state index >= 15 is 0 Å². The van der Waals surface area contributed by atoms with E-state index in [0.29, 0.717) is 6.61 Å². The van der Waals surface area contributed by atoms with Crippen LogP contribution in [0.2, 0.25) is 0 Å². The molecule has 0 aliphatic carbocycles. The molecule has 11 heavy (non-hydrogen) atoms. The van der Waals surface area contributed by atoms with Crippen LogP contribution in [0, 0.1) is 5.92 Å². The van der Waals surface area contributed by atoms with E-state index in [-0.39, 0.29) is 18.6 Å². The summed E-state index contributed by atoms with van der Waals surface area (Å²) in [7, 11) is 0. The van der Waals surface area contributed by atoms with Crippen LogP contribution in [-0.2, 0) is 4.74 Å². The second kappa shape index (κ2) is 5.52. The van der Waals surface area contributed by atoms with Gasteiger partial charge in [0.1, 0.15) is 6.10 Å². The average molecular weight is 162 g/mol. The molecule has 1 fully saturated rings. The van der Waals surface area contributed by atoms with Crippen LogP contribution < -0.4 is 0 Å². The van der Waals surface area contributed by atoms with Gasteiger partial charge in [0.15, 0.2) is 0 Å². The topological polar surface area (TPSA) is 49.7 Å². The Morgan fingerprint density at radius 1 is 1.45 bits per heavy atom. The lowest BCUT2D eigenvalue weighted by Crippen LogP contribution is -2.27. The van der Waals surface area contributed by atoms with E-state index in [0.717, 1.165) is 0 Å². The first kappa shape index (κ1) is 10.9. The molecular formula is C8H18O3. The van der Waals surface area contributed by atoms with Crippen molar-refractivity contribution in [1.29, 1.82) is 0 Å². The maximum atomic E-state index is 9.17. The Bertz CT molecular complexity index is 95.3. The zero-order valence-electron chi connectivity index (χ0n) is 7.45. The fourth-order valence-electron chi connectivity index (χ4n) is 1.000. The van der Waals surface area contributed by atoms with Crippen LogP contribution in [-0.4, -0.2) is 35.6 Å². The van der Waals surface area contributed by atoms with Crippen molar-refractivity contribution in [3.05, 3.63) is 0 Å². The summed E-state index contributed by atoms with van der Waals surface area (Å²) in [6, 6.07) is 0. The van der Waals surface area contributed by atoms with Crippen LogP contribution in [0.4, 0.5) is 0 Å². The van der Waals surface area contributed by atoms with Crippen LogP contribution in [0.15, 0.2) is 0 Å². The highest BCUT2D eigenvalue weighted by atomic mass is 16.5. The fourth-order valence-corrected chi connectivity index (χ4v) is 1.000. The van der Waals surface area contributed by atoms with Gasteiger partial charge in [0.25, 0.3) is 0 Å². The van der Waals surface area contributed by atoms with E-state index in [9.17, 15) is 5.11 Å². The first-order valence-electron chi connectivity index (χ1n) is 4.16. The van der Waals surface area contributed by atoms with Crippen LogP contribution in [0.5, 0.6) is 0 Å². The van der Waals surface area contributed by atoms with Crippen molar-refractivity contribution in [3.8, 4) is 0 Å². The molecule has 1 unspecified atom stereocenters. The molecule has 1 saturated heterocycles. The van der Waals surface area contributed by atoms with Crippen LogP contribution >= 0.6 is 0 Å². The molecule has 0 bridgehead atoms. The average Bonchev–Trinajstić information content (AvgIpc) is 2.37. The molecular weight excluding hydrogens is 144 g/mol. The first-order chi connectivity index (χ1) is 5.25. The molecule has 0 spiro atoms. The summed E-state index contributed by atoms with van der Waals surface area (Å²) in [5.74, 6) is 0.169. The third kappa shape index (κ3) is 2.77. The SMILES string of the molecule is CC.CC1CO[C@H](CO)[C@H]1O. The highest BCUT2D eigenvalue weighted by molar-refractivity contribution is 4.79. The van der Waals surface area contributed by atoms with Crippen molar-refractivity contribution in [1.82, 2.24) is 0 Å². The second-order valence-corrected chi connectivity index (χ2v) is 2.52. The fraction of sp³-hybridized carbons (Fsp3) is 1.00. The minimum atomic E-state index is -0.477. The van der Waals surface area contributed by atoms with Gasteiger partial charge in [0.05, 0.1) is 19.3 Å². The van der Waals surface area contributed by atoms with Crippen LogP contribution in [0.3, 0.4) is 0 Å². The normalized spacial score (nSPS) is 36.3. The maximum absolute atomic E-state index is 9.17. The molecule has 3 atom stereocenters. The minimum absolute atomic E-state index is 0.0779. The highest BCUT2D eigenvalue weighted by Gasteiger charge is 2.31. The summed E-state index contributed by atoms with van der Waals surface area (Å²) in [6.45, 7) is 6.39. The smallest absolute Gasteiger partial charge is 0.107 e. The molecule has 0 radical (unpaired) electrons. The van der Waals surface area contributed by atoms with Crippen LogP contribution in [0.25, 0.3) is 0 Å². The van der Waals surface area contributed by atoms with Gasteiger partial charge in [-0.2, -0.15) is 0 Å². The van der Waals surface area contributed by atoms with Gasteiger partial charge in [0.2, 0.25) is 0 Å². The Hall–Kier alpha value is -0.120. The molecule has 0 saturated carbocycles. The van der Waals surface area contributed by atoms with Gasteiger partial charge in [-0.3, -0.25) is 0 Å². The standard InChI is InChI=1S/C6H12O3.C2H6/c1-4-3-9-5(2-7)6(4)8;1-2/h4-8H,2-3H2,1H3;1-2H3/t4?,5-,6+;/m1./s1. The summed E-state index contributed by atoms with van der Waals surface area (Å²) in [5.41, 5.74) is 0. The monoisotopic (exact) mass is 162 g/mol. The van der Waals surface area contributed by atoms with E-state index in [2.05, 4.69) is 0 Å². The Kier molecular flexibility index (Phi) is 5.46. The van der Waals surface area contributed by atoms with E-state index in [4.69, 9.17) is 9.84 Å². The van der Waals surface area contributed by atoms with E-state index < -0.39 is 6.10 Å². The van der Waals surface area contributed by atoms with Crippen molar-refractivity contribution >= 4 is 0 Å². The number of ether oxygens (including phenoxy) is 1. The van der Waals surface area contributed by atoms with E-state index in [1.807, 2.05) is 20.8 Å². The Morgan fingerprint density at radius 3 is 2.18 bits per heavy atom. The van der Waals surface area contributed by atoms with Gasteiger partial charge in [0, 0.05) is 5.92 Å². The van der Waals surface area contributed by atoms with Crippen molar-refractivity contribution in [2.45, 2.75) is 33.0 Å². The molecule has 0 amide bonds. The van der Waals surface area contributed by atoms with Crippen LogP contribution in [0.1, 0.15) is 20.8 Å². The summed E-state index contributed by atoms with van der Waals surface area (Å²) in [5, 5.41) is 17.7. The third-order valence-corrected chi connectivity index (χ3v) is 1.72. The van der Waals surface area contributed by atoms with Crippen molar-refractivity contribution < 1.29 is 14.9 Å². The molecule has 1 rings (SSSR count). The molecule has 0 aromatic carbocycles. The number of hydrogen-bond acceptors (Lipinski definition) is 3. The molecule has 0 aromatic heterocycles. The largest absolute Gasteiger partial charge is 0.394 e. The summed E-state index contributed by atoms with van der Waals surface area (Å²) in [4.78, 5) is 0. The Morgan fingerprint density at radius 2 is 2.00 bits per heavy atom. The van der Waals surface area contributed by atoms with Crippen molar-refractivity contribution in [2.75, 3.05) is 13.2 Å². The zero-order chi connectivity index (χ0) is 8.85. The predicted molar refractivity (Wildman–Crippen MR) is 43.3 cm³/mol. The molecule has 1 aliphatic heterocycles. The number of rotatable bonds is 1. The number of hydrogen-bond donors (Lipinski definition) is 2. The van der Waals surface area contributed by atoms with Gasteiger partial charge in [-0.15, -0.1) is 0 Å².